The minimum atomic E-state index is -0.852. The normalized spacial score (nSPS) is 16.1. The van der Waals surface area contributed by atoms with Gasteiger partial charge in [-0.1, -0.05) is 18.2 Å². The molecule has 1 aliphatic rings. The zero-order valence-electron chi connectivity index (χ0n) is 9.86. The van der Waals surface area contributed by atoms with Gasteiger partial charge in [0.15, 0.2) is 0 Å². The van der Waals surface area contributed by atoms with E-state index in [9.17, 15) is 14.0 Å². The molecule has 0 bridgehead atoms. The molecular weight excluding hydrogens is 235 g/mol. The summed E-state index contributed by atoms with van der Waals surface area (Å²) in [6.45, 7) is 0. The number of carbonyl (C=O) groups is 2. The molecule has 96 valence electrons. The molecule has 0 spiro atoms. The van der Waals surface area contributed by atoms with Gasteiger partial charge in [0.25, 0.3) is 0 Å². The first kappa shape index (κ1) is 12.5. The van der Waals surface area contributed by atoms with E-state index in [1.165, 1.54) is 6.07 Å². The van der Waals surface area contributed by atoms with E-state index in [1.807, 2.05) is 0 Å². The molecule has 0 heterocycles. The van der Waals surface area contributed by atoms with Crippen molar-refractivity contribution in [2.45, 2.75) is 25.3 Å². The number of hydrogen-bond donors (Lipinski definition) is 2. The molecule has 0 aromatic heterocycles. The van der Waals surface area contributed by atoms with Crippen LogP contribution in [0.15, 0.2) is 24.3 Å². The van der Waals surface area contributed by atoms with E-state index in [2.05, 4.69) is 5.32 Å². The van der Waals surface area contributed by atoms with Crippen molar-refractivity contribution in [3.8, 4) is 0 Å². The van der Waals surface area contributed by atoms with Crippen molar-refractivity contribution in [2.75, 3.05) is 0 Å². The minimum absolute atomic E-state index is 0.00697. The first-order chi connectivity index (χ1) is 8.58. The molecule has 0 radical (unpaired) electrons. The summed E-state index contributed by atoms with van der Waals surface area (Å²) in [6, 6.07) is 5.29. The van der Waals surface area contributed by atoms with Crippen LogP contribution in [-0.4, -0.2) is 17.9 Å². The quantitative estimate of drug-likeness (QED) is 0.809. The number of amides is 2. The van der Waals surface area contributed by atoms with Crippen molar-refractivity contribution in [1.29, 1.82) is 0 Å². The van der Waals surface area contributed by atoms with E-state index in [-0.39, 0.29) is 18.2 Å². The average molecular weight is 250 g/mol. The molecule has 0 aliphatic heterocycles. The Bertz CT molecular complexity index is 472. The molecule has 2 rings (SSSR count). The molecule has 18 heavy (non-hydrogen) atoms. The molecule has 0 unspecified atom stereocenters. The van der Waals surface area contributed by atoms with Gasteiger partial charge < -0.3 is 11.1 Å². The monoisotopic (exact) mass is 250 g/mol. The maximum absolute atomic E-state index is 13.5. The molecule has 4 nitrogen and oxygen atoms in total. The molecule has 5 heteroatoms. The summed E-state index contributed by atoms with van der Waals surface area (Å²) in [6.07, 6.45) is 1.77. The van der Waals surface area contributed by atoms with E-state index in [1.54, 1.807) is 18.2 Å². The van der Waals surface area contributed by atoms with Gasteiger partial charge in [0.2, 0.25) is 11.8 Å². The lowest BCUT2D eigenvalue weighted by atomic mass is 10.0. The van der Waals surface area contributed by atoms with Crippen LogP contribution in [0, 0.1) is 11.7 Å². The number of nitrogens with one attached hydrogen (secondary N) is 1. The van der Waals surface area contributed by atoms with Gasteiger partial charge in [-0.15, -0.1) is 0 Å². The lowest BCUT2D eigenvalue weighted by Gasteiger charge is -2.15. The summed E-state index contributed by atoms with van der Waals surface area (Å²) in [4.78, 5) is 22.9. The van der Waals surface area contributed by atoms with Crippen LogP contribution >= 0.6 is 0 Å². The van der Waals surface area contributed by atoms with Crippen LogP contribution in [0.4, 0.5) is 4.39 Å². The number of hydrogen-bond acceptors (Lipinski definition) is 2. The molecule has 1 atom stereocenters. The second kappa shape index (κ2) is 5.16. The summed E-state index contributed by atoms with van der Waals surface area (Å²) in [5.41, 5.74) is 5.60. The standard InChI is InChI=1S/C13H15FN2O2/c14-10-4-2-1-3-9(10)7-11(12(15)17)16-13(18)8-5-6-8/h1-4,8,11H,5-7H2,(H2,15,17)(H,16,18)/t11-/m1/s1. The predicted octanol–water partition coefficient (Wildman–Crippen LogP) is 0.748. The average Bonchev–Trinajstić information content (AvgIpc) is 3.14. The zero-order valence-corrected chi connectivity index (χ0v) is 9.86. The van der Waals surface area contributed by atoms with Gasteiger partial charge in [0.1, 0.15) is 11.9 Å². The summed E-state index contributed by atoms with van der Waals surface area (Å²) < 4.78 is 13.5. The minimum Gasteiger partial charge on any atom is -0.368 e. The van der Waals surface area contributed by atoms with E-state index in [0.717, 1.165) is 12.8 Å². The third-order valence-corrected chi connectivity index (χ3v) is 2.99. The lowest BCUT2D eigenvalue weighted by Crippen LogP contribution is -2.46. The maximum Gasteiger partial charge on any atom is 0.240 e. The Labute approximate surface area is 104 Å². The number of carbonyl (C=O) groups excluding carboxylic acids is 2. The Kier molecular flexibility index (Phi) is 3.60. The Hall–Kier alpha value is -1.91. The number of primary amides is 1. The van der Waals surface area contributed by atoms with E-state index >= 15 is 0 Å². The van der Waals surface area contributed by atoms with E-state index in [0.29, 0.717) is 5.56 Å². The largest absolute Gasteiger partial charge is 0.368 e. The maximum atomic E-state index is 13.5. The molecule has 1 aromatic rings. The Balaban J connectivity index is 2.04. The second-order valence-corrected chi connectivity index (χ2v) is 4.53. The molecule has 0 saturated heterocycles. The van der Waals surface area contributed by atoms with Crippen molar-refractivity contribution in [3.63, 3.8) is 0 Å². The SMILES string of the molecule is NC(=O)[C@@H](Cc1ccccc1F)NC(=O)C1CC1. The van der Waals surface area contributed by atoms with Crippen LogP contribution in [0.5, 0.6) is 0 Å². The summed E-state index contributed by atoms with van der Waals surface area (Å²) in [7, 11) is 0. The van der Waals surface area contributed by atoms with Crippen LogP contribution in [0.3, 0.4) is 0 Å². The van der Waals surface area contributed by atoms with Crippen molar-refractivity contribution in [3.05, 3.63) is 35.6 Å². The summed E-state index contributed by atoms with van der Waals surface area (Å²) in [5.74, 6) is -1.22. The van der Waals surface area contributed by atoms with Gasteiger partial charge in [-0.05, 0) is 24.5 Å². The van der Waals surface area contributed by atoms with Gasteiger partial charge in [0, 0.05) is 12.3 Å². The number of rotatable bonds is 5. The highest BCUT2D eigenvalue weighted by molar-refractivity contribution is 5.88. The highest BCUT2D eigenvalue weighted by Gasteiger charge is 2.32. The first-order valence-corrected chi connectivity index (χ1v) is 5.91. The Morgan fingerprint density at radius 3 is 2.61 bits per heavy atom. The first-order valence-electron chi connectivity index (χ1n) is 5.91. The summed E-state index contributed by atoms with van der Waals surface area (Å²) in [5, 5.41) is 2.57. The van der Waals surface area contributed by atoms with Gasteiger partial charge in [-0.2, -0.15) is 0 Å². The van der Waals surface area contributed by atoms with Crippen molar-refractivity contribution < 1.29 is 14.0 Å². The number of nitrogens with two attached hydrogens (primary N) is 1. The highest BCUT2D eigenvalue weighted by Crippen LogP contribution is 2.29. The number of benzene rings is 1. The van der Waals surface area contributed by atoms with Crippen molar-refractivity contribution in [1.82, 2.24) is 5.32 Å². The zero-order chi connectivity index (χ0) is 13.1. The van der Waals surface area contributed by atoms with Crippen LogP contribution in [0.25, 0.3) is 0 Å². The van der Waals surface area contributed by atoms with Crippen LogP contribution < -0.4 is 11.1 Å². The topological polar surface area (TPSA) is 72.2 Å². The molecule has 3 N–H and O–H groups in total. The van der Waals surface area contributed by atoms with Gasteiger partial charge in [-0.3, -0.25) is 9.59 Å². The fourth-order valence-corrected chi connectivity index (χ4v) is 1.74. The lowest BCUT2D eigenvalue weighted by molar-refractivity contribution is -0.128. The van der Waals surface area contributed by atoms with E-state index in [4.69, 9.17) is 5.73 Å². The van der Waals surface area contributed by atoms with Crippen LogP contribution in [0.1, 0.15) is 18.4 Å². The van der Waals surface area contributed by atoms with Gasteiger partial charge in [-0.25, -0.2) is 4.39 Å². The third-order valence-electron chi connectivity index (χ3n) is 2.99. The van der Waals surface area contributed by atoms with E-state index < -0.39 is 17.8 Å². The fourth-order valence-electron chi connectivity index (χ4n) is 1.74. The van der Waals surface area contributed by atoms with Crippen molar-refractivity contribution in [2.24, 2.45) is 11.7 Å². The molecule has 1 saturated carbocycles. The van der Waals surface area contributed by atoms with Crippen molar-refractivity contribution >= 4 is 11.8 Å². The second-order valence-electron chi connectivity index (χ2n) is 4.53. The molecule has 2 amide bonds. The predicted molar refractivity (Wildman–Crippen MR) is 64.0 cm³/mol. The smallest absolute Gasteiger partial charge is 0.240 e. The highest BCUT2D eigenvalue weighted by atomic mass is 19.1. The van der Waals surface area contributed by atoms with Crippen LogP contribution in [0.2, 0.25) is 0 Å². The summed E-state index contributed by atoms with van der Waals surface area (Å²) >= 11 is 0. The van der Waals surface area contributed by atoms with Gasteiger partial charge in [0.05, 0.1) is 0 Å². The Morgan fingerprint density at radius 1 is 1.39 bits per heavy atom. The molecule has 1 fully saturated rings. The van der Waals surface area contributed by atoms with Crippen LogP contribution in [-0.2, 0) is 16.0 Å². The third kappa shape index (κ3) is 3.06. The molecule has 1 aliphatic carbocycles. The fraction of sp³-hybridized carbons (Fsp3) is 0.385. The number of halogens is 1. The van der Waals surface area contributed by atoms with Gasteiger partial charge >= 0.3 is 0 Å². The molecule has 1 aromatic carbocycles. The molecular formula is C13H15FN2O2. The Morgan fingerprint density at radius 2 is 2.06 bits per heavy atom.